The van der Waals surface area contributed by atoms with Crippen molar-refractivity contribution in [3.05, 3.63) is 65.4 Å². The Hall–Kier alpha value is -2.75. The highest BCUT2D eigenvalue weighted by Gasteiger charge is 2.16. The molecule has 2 aromatic carbocycles. The number of carbonyl (C=O) groups excluding carboxylic acids is 1. The fraction of sp³-hybridized carbons (Fsp3) is 0.211. The lowest BCUT2D eigenvalue weighted by molar-refractivity contribution is 0.0935. The van der Waals surface area contributed by atoms with E-state index in [1.807, 2.05) is 50.2 Å². The van der Waals surface area contributed by atoms with Crippen LogP contribution in [-0.2, 0) is 0 Å². The zero-order valence-corrected chi connectivity index (χ0v) is 13.4. The van der Waals surface area contributed by atoms with E-state index < -0.39 is 0 Å². The van der Waals surface area contributed by atoms with Gasteiger partial charge < -0.3 is 14.5 Å². The Morgan fingerprint density at radius 1 is 1.17 bits per heavy atom. The molecule has 4 heteroatoms. The number of hydrogen-bond donors (Lipinski definition) is 1. The zero-order chi connectivity index (χ0) is 16.4. The van der Waals surface area contributed by atoms with Crippen LogP contribution in [0.5, 0.6) is 5.75 Å². The maximum Gasteiger partial charge on any atom is 0.251 e. The van der Waals surface area contributed by atoms with Crippen molar-refractivity contribution in [1.82, 2.24) is 5.32 Å². The number of rotatable bonds is 4. The molecule has 0 saturated heterocycles. The molecule has 0 radical (unpaired) electrons. The van der Waals surface area contributed by atoms with Gasteiger partial charge in [0.05, 0.1) is 13.2 Å². The first kappa shape index (κ1) is 15.2. The first-order valence-corrected chi connectivity index (χ1v) is 7.52. The van der Waals surface area contributed by atoms with Crippen LogP contribution in [-0.4, -0.2) is 13.0 Å². The number of methoxy groups -OCH3 is 1. The summed E-state index contributed by atoms with van der Waals surface area (Å²) in [5.74, 6) is 1.28. The van der Waals surface area contributed by atoms with E-state index in [1.54, 1.807) is 19.2 Å². The Bertz CT molecular complexity index is 818. The minimum atomic E-state index is -0.220. The lowest BCUT2D eigenvalue weighted by atomic mass is 10.1. The molecule has 1 amide bonds. The highest BCUT2D eigenvalue weighted by molar-refractivity contribution is 5.95. The minimum Gasteiger partial charge on any atom is -0.496 e. The van der Waals surface area contributed by atoms with E-state index in [0.717, 1.165) is 22.3 Å². The summed E-state index contributed by atoms with van der Waals surface area (Å²) < 4.78 is 11.1. The molecule has 0 aliphatic rings. The summed E-state index contributed by atoms with van der Waals surface area (Å²) in [4.78, 5) is 12.4. The van der Waals surface area contributed by atoms with Crippen molar-refractivity contribution in [2.24, 2.45) is 0 Å². The van der Waals surface area contributed by atoms with E-state index in [9.17, 15) is 4.79 Å². The molecular weight excluding hydrogens is 290 g/mol. The Morgan fingerprint density at radius 3 is 2.70 bits per heavy atom. The van der Waals surface area contributed by atoms with Crippen LogP contribution in [0.15, 0.2) is 52.9 Å². The quantitative estimate of drug-likeness (QED) is 0.784. The molecule has 0 aliphatic heterocycles. The number of nitrogens with one attached hydrogen (secondary N) is 1. The molecule has 118 valence electrons. The molecule has 1 aromatic heterocycles. The maximum atomic E-state index is 12.4. The fourth-order valence-corrected chi connectivity index (χ4v) is 2.53. The van der Waals surface area contributed by atoms with Crippen LogP contribution in [0.3, 0.4) is 0 Å². The molecule has 1 unspecified atom stereocenters. The summed E-state index contributed by atoms with van der Waals surface area (Å²) in [6, 6.07) is 14.9. The molecule has 0 saturated carbocycles. The van der Waals surface area contributed by atoms with Gasteiger partial charge in [-0.25, -0.2) is 0 Å². The van der Waals surface area contributed by atoms with Gasteiger partial charge in [-0.3, -0.25) is 4.79 Å². The second kappa shape index (κ2) is 6.16. The van der Waals surface area contributed by atoms with Crippen molar-refractivity contribution < 1.29 is 13.9 Å². The van der Waals surface area contributed by atoms with Gasteiger partial charge in [-0.15, -0.1) is 0 Å². The van der Waals surface area contributed by atoms with E-state index in [4.69, 9.17) is 9.15 Å². The number of benzene rings is 2. The standard InChI is InChI=1S/C19H19NO3/c1-12-8-9-15(11-17(12)22-3)19(21)20-13(2)18-10-14-6-4-5-7-16(14)23-18/h4-11,13H,1-3H3,(H,20,21). The zero-order valence-electron chi connectivity index (χ0n) is 13.4. The van der Waals surface area contributed by atoms with Crippen molar-refractivity contribution >= 4 is 16.9 Å². The van der Waals surface area contributed by atoms with Crippen LogP contribution in [0.2, 0.25) is 0 Å². The molecule has 0 aliphatic carbocycles. The van der Waals surface area contributed by atoms with Crippen molar-refractivity contribution in [2.75, 3.05) is 7.11 Å². The Labute approximate surface area is 135 Å². The number of ether oxygens (including phenoxy) is 1. The highest BCUT2D eigenvalue weighted by atomic mass is 16.5. The number of para-hydroxylation sites is 1. The summed E-state index contributed by atoms with van der Waals surface area (Å²) >= 11 is 0. The fourth-order valence-electron chi connectivity index (χ4n) is 2.53. The SMILES string of the molecule is COc1cc(C(=O)NC(C)c2cc3ccccc3o2)ccc1C. The van der Waals surface area contributed by atoms with Gasteiger partial charge in [-0.1, -0.05) is 24.3 Å². The van der Waals surface area contributed by atoms with Gasteiger partial charge in [0.1, 0.15) is 17.1 Å². The molecule has 0 fully saturated rings. The van der Waals surface area contributed by atoms with Gasteiger partial charge in [0, 0.05) is 10.9 Å². The van der Waals surface area contributed by atoms with Crippen LogP contribution in [0.4, 0.5) is 0 Å². The van der Waals surface area contributed by atoms with E-state index in [2.05, 4.69) is 5.32 Å². The average Bonchev–Trinajstić information content (AvgIpc) is 2.99. The molecule has 0 bridgehead atoms. The molecular formula is C19H19NO3. The molecule has 23 heavy (non-hydrogen) atoms. The van der Waals surface area contributed by atoms with Crippen molar-refractivity contribution in [3.63, 3.8) is 0 Å². The van der Waals surface area contributed by atoms with E-state index in [-0.39, 0.29) is 11.9 Å². The third-order valence-corrected chi connectivity index (χ3v) is 3.89. The monoisotopic (exact) mass is 309 g/mol. The number of fused-ring (bicyclic) bond motifs is 1. The first-order valence-electron chi connectivity index (χ1n) is 7.52. The second-order valence-corrected chi connectivity index (χ2v) is 5.57. The Balaban J connectivity index is 1.79. The maximum absolute atomic E-state index is 12.4. The first-order chi connectivity index (χ1) is 11.1. The summed E-state index contributed by atoms with van der Waals surface area (Å²) in [7, 11) is 1.60. The lowest BCUT2D eigenvalue weighted by Crippen LogP contribution is -2.26. The largest absolute Gasteiger partial charge is 0.496 e. The Morgan fingerprint density at radius 2 is 1.96 bits per heavy atom. The van der Waals surface area contributed by atoms with Gasteiger partial charge in [-0.2, -0.15) is 0 Å². The van der Waals surface area contributed by atoms with E-state index in [1.165, 1.54) is 0 Å². The van der Waals surface area contributed by atoms with Gasteiger partial charge >= 0.3 is 0 Å². The second-order valence-electron chi connectivity index (χ2n) is 5.57. The van der Waals surface area contributed by atoms with Crippen molar-refractivity contribution in [3.8, 4) is 5.75 Å². The van der Waals surface area contributed by atoms with Gasteiger partial charge in [0.15, 0.2) is 0 Å². The number of amides is 1. The average molecular weight is 309 g/mol. The third-order valence-electron chi connectivity index (χ3n) is 3.89. The summed E-state index contributed by atoms with van der Waals surface area (Å²) in [5.41, 5.74) is 2.38. The smallest absolute Gasteiger partial charge is 0.251 e. The predicted octanol–water partition coefficient (Wildman–Crippen LogP) is 4.24. The lowest BCUT2D eigenvalue weighted by Gasteiger charge is -2.12. The van der Waals surface area contributed by atoms with Gasteiger partial charge in [-0.05, 0) is 43.7 Å². The number of carbonyl (C=O) groups is 1. The molecule has 3 rings (SSSR count). The van der Waals surface area contributed by atoms with Crippen LogP contribution in [0, 0.1) is 6.92 Å². The highest BCUT2D eigenvalue weighted by Crippen LogP contribution is 2.24. The van der Waals surface area contributed by atoms with Crippen LogP contribution < -0.4 is 10.1 Å². The summed E-state index contributed by atoms with van der Waals surface area (Å²) in [6.45, 7) is 3.85. The number of aryl methyl sites for hydroxylation is 1. The van der Waals surface area contributed by atoms with Gasteiger partial charge in [0.2, 0.25) is 0 Å². The number of furan rings is 1. The van der Waals surface area contributed by atoms with E-state index >= 15 is 0 Å². The van der Waals surface area contributed by atoms with Crippen molar-refractivity contribution in [1.29, 1.82) is 0 Å². The molecule has 1 N–H and O–H groups in total. The van der Waals surface area contributed by atoms with Crippen LogP contribution in [0.25, 0.3) is 11.0 Å². The minimum absolute atomic E-state index is 0.156. The molecule has 3 aromatic rings. The molecule has 0 spiro atoms. The molecule has 4 nitrogen and oxygen atoms in total. The number of hydrogen-bond acceptors (Lipinski definition) is 3. The molecule has 1 heterocycles. The summed E-state index contributed by atoms with van der Waals surface area (Å²) in [6.07, 6.45) is 0. The van der Waals surface area contributed by atoms with Crippen LogP contribution >= 0.6 is 0 Å². The van der Waals surface area contributed by atoms with E-state index in [0.29, 0.717) is 11.3 Å². The molecule has 1 atom stereocenters. The summed E-state index contributed by atoms with van der Waals surface area (Å²) in [5, 5.41) is 3.98. The Kier molecular flexibility index (Phi) is 4.06. The normalized spacial score (nSPS) is 12.1. The predicted molar refractivity (Wildman–Crippen MR) is 89.8 cm³/mol. The topological polar surface area (TPSA) is 51.5 Å². The van der Waals surface area contributed by atoms with Gasteiger partial charge in [0.25, 0.3) is 5.91 Å². The van der Waals surface area contributed by atoms with Crippen LogP contribution in [0.1, 0.15) is 34.6 Å². The van der Waals surface area contributed by atoms with Crippen molar-refractivity contribution in [2.45, 2.75) is 19.9 Å². The third kappa shape index (κ3) is 3.06.